The fraction of sp³-hybridized carbons (Fsp3) is 0.583. The standard InChI is InChI=1S/C24H38N4O6S/c1-14(2)12-17(25)21(30)27-19(13-16-8-6-5-7-9-16)22(31)28-20(15(3)29)23(32)26-18(24(33)34)10-11-35-4/h5-9,14-15,17-20,29H,10-13,25H2,1-4H3,(H,26,32)(H,27,30)(H,28,31)(H,33,34). The van der Waals surface area contributed by atoms with Crippen LogP contribution in [0.4, 0.5) is 0 Å². The van der Waals surface area contributed by atoms with Crippen LogP contribution in [-0.4, -0.2) is 76.2 Å². The minimum Gasteiger partial charge on any atom is -0.480 e. The van der Waals surface area contributed by atoms with Gasteiger partial charge < -0.3 is 31.9 Å². The molecule has 0 saturated carbocycles. The maximum Gasteiger partial charge on any atom is 0.326 e. The Balaban J connectivity index is 3.04. The first-order chi connectivity index (χ1) is 16.5. The van der Waals surface area contributed by atoms with Gasteiger partial charge in [-0.25, -0.2) is 4.79 Å². The molecule has 196 valence electrons. The number of carbonyl (C=O) groups is 4. The molecule has 0 aliphatic carbocycles. The second kappa shape index (κ2) is 15.4. The van der Waals surface area contributed by atoms with Crippen LogP contribution in [-0.2, 0) is 25.6 Å². The number of amides is 3. The third kappa shape index (κ3) is 11.1. The summed E-state index contributed by atoms with van der Waals surface area (Å²) >= 11 is 1.43. The number of nitrogens with one attached hydrogen (secondary N) is 3. The summed E-state index contributed by atoms with van der Waals surface area (Å²) in [7, 11) is 0. The van der Waals surface area contributed by atoms with Crippen molar-refractivity contribution in [3.05, 3.63) is 35.9 Å². The van der Waals surface area contributed by atoms with Gasteiger partial charge in [-0.05, 0) is 43.3 Å². The molecule has 1 aromatic carbocycles. The first kappa shape index (κ1) is 30.4. The minimum atomic E-state index is -1.42. The van der Waals surface area contributed by atoms with Crippen molar-refractivity contribution in [3.63, 3.8) is 0 Å². The first-order valence-corrected chi connectivity index (χ1v) is 13.0. The smallest absolute Gasteiger partial charge is 0.326 e. The zero-order valence-electron chi connectivity index (χ0n) is 20.7. The highest BCUT2D eigenvalue weighted by Gasteiger charge is 2.32. The molecule has 35 heavy (non-hydrogen) atoms. The van der Waals surface area contributed by atoms with Crippen LogP contribution >= 0.6 is 11.8 Å². The van der Waals surface area contributed by atoms with E-state index in [2.05, 4.69) is 16.0 Å². The summed E-state index contributed by atoms with van der Waals surface area (Å²) in [5.74, 6) is -2.56. The van der Waals surface area contributed by atoms with Gasteiger partial charge in [0.15, 0.2) is 0 Å². The fourth-order valence-electron chi connectivity index (χ4n) is 3.37. The van der Waals surface area contributed by atoms with Crippen molar-refractivity contribution in [2.45, 2.75) is 70.3 Å². The highest BCUT2D eigenvalue weighted by molar-refractivity contribution is 7.98. The normalized spacial score (nSPS) is 15.4. The van der Waals surface area contributed by atoms with Crippen LogP contribution < -0.4 is 21.7 Å². The molecule has 0 spiro atoms. The highest BCUT2D eigenvalue weighted by atomic mass is 32.2. The first-order valence-electron chi connectivity index (χ1n) is 11.6. The summed E-state index contributed by atoms with van der Waals surface area (Å²) in [6.45, 7) is 5.17. The molecule has 10 nitrogen and oxygen atoms in total. The Morgan fingerprint density at radius 2 is 1.54 bits per heavy atom. The van der Waals surface area contributed by atoms with E-state index in [1.54, 1.807) is 24.3 Å². The average molecular weight is 511 g/mol. The van der Waals surface area contributed by atoms with Gasteiger partial charge >= 0.3 is 5.97 Å². The number of benzene rings is 1. The third-order valence-corrected chi connectivity index (χ3v) is 5.91. The summed E-state index contributed by atoms with van der Waals surface area (Å²) in [6, 6.07) is 4.53. The second-order valence-corrected chi connectivity index (χ2v) is 9.88. The second-order valence-electron chi connectivity index (χ2n) is 8.89. The molecular weight excluding hydrogens is 472 g/mol. The van der Waals surface area contributed by atoms with Crippen LogP contribution in [0.3, 0.4) is 0 Å². The van der Waals surface area contributed by atoms with Crippen molar-refractivity contribution in [3.8, 4) is 0 Å². The van der Waals surface area contributed by atoms with Gasteiger partial charge in [-0.2, -0.15) is 11.8 Å². The van der Waals surface area contributed by atoms with Crippen molar-refractivity contribution >= 4 is 35.5 Å². The van der Waals surface area contributed by atoms with Crippen molar-refractivity contribution in [2.24, 2.45) is 11.7 Å². The Morgan fingerprint density at radius 1 is 0.943 bits per heavy atom. The SMILES string of the molecule is CSCCC(NC(=O)C(NC(=O)C(Cc1ccccc1)NC(=O)C(N)CC(C)C)C(C)O)C(=O)O. The van der Waals surface area contributed by atoms with Crippen molar-refractivity contribution in [1.82, 2.24) is 16.0 Å². The number of hydrogen-bond donors (Lipinski definition) is 6. The van der Waals surface area contributed by atoms with Gasteiger partial charge in [0.2, 0.25) is 17.7 Å². The molecule has 5 atom stereocenters. The number of thioether (sulfide) groups is 1. The molecule has 0 heterocycles. The van der Waals surface area contributed by atoms with E-state index in [9.17, 15) is 29.4 Å². The van der Waals surface area contributed by atoms with Gasteiger partial charge in [-0.1, -0.05) is 44.2 Å². The zero-order valence-corrected chi connectivity index (χ0v) is 21.5. The predicted octanol–water partition coefficient (Wildman–Crippen LogP) is 0.275. The molecule has 3 amide bonds. The monoisotopic (exact) mass is 510 g/mol. The number of hydrogen-bond acceptors (Lipinski definition) is 7. The largest absolute Gasteiger partial charge is 0.480 e. The Labute approximate surface area is 210 Å². The number of carboxylic acid groups (broad SMARTS) is 1. The van der Waals surface area contributed by atoms with Gasteiger partial charge in [0.25, 0.3) is 0 Å². The van der Waals surface area contributed by atoms with Crippen LogP contribution in [0.2, 0.25) is 0 Å². The van der Waals surface area contributed by atoms with Crippen molar-refractivity contribution in [2.75, 3.05) is 12.0 Å². The lowest BCUT2D eigenvalue weighted by atomic mass is 10.0. The van der Waals surface area contributed by atoms with Crippen LogP contribution in [0.25, 0.3) is 0 Å². The Kier molecular flexibility index (Phi) is 13.4. The van der Waals surface area contributed by atoms with Gasteiger partial charge in [0.1, 0.15) is 18.1 Å². The molecule has 0 aliphatic rings. The van der Waals surface area contributed by atoms with E-state index in [1.165, 1.54) is 18.7 Å². The van der Waals surface area contributed by atoms with Crippen LogP contribution in [0.1, 0.15) is 39.2 Å². The molecule has 1 rings (SSSR count). The summed E-state index contributed by atoms with van der Waals surface area (Å²) in [6.07, 6.45) is 1.24. The van der Waals surface area contributed by atoms with E-state index < -0.39 is 54.0 Å². The number of rotatable bonds is 15. The molecule has 5 unspecified atom stereocenters. The van der Waals surface area contributed by atoms with E-state index in [-0.39, 0.29) is 18.8 Å². The van der Waals surface area contributed by atoms with Crippen LogP contribution in [0, 0.1) is 5.92 Å². The average Bonchev–Trinajstić information content (AvgIpc) is 2.79. The van der Waals surface area contributed by atoms with Gasteiger partial charge in [-0.3, -0.25) is 14.4 Å². The summed E-state index contributed by atoms with van der Waals surface area (Å²) in [4.78, 5) is 50.1. The quantitative estimate of drug-likeness (QED) is 0.195. The Hall–Kier alpha value is -2.63. The molecule has 0 aliphatic heterocycles. The molecule has 1 aromatic rings. The maximum absolute atomic E-state index is 13.2. The van der Waals surface area contributed by atoms with Crippen molar-refractivity contribution < 1.29 is 29.4 Å². The molecule has 11 heteroatoms. The number of carboxylic acids is 1. The van der Waals surface area contributed by atoms with E-state index in [1.807, 2.05) is 26.2 Å². The van der Waals surface area contributed by atoms with Gasteiger partial charge in [0.05, 0.1) is 12.1 Å². The molecule has 7 N–H and O–H groups in total. The summed E-state index contributed by atoms with van der Waals surface area (Å²) in [5.41, 5.74) is 6.75. The van der Waals surface area contributed by atoms with E-state index >= 15 is 0 Å². The Morgan fingerprint density at radius 3 is 2.06 bits per heavy atom. The number of aliphatic carboxylic acids is 1. The van der Waals surface area contributed by atoms with Crippen LogP contribution in [0.15, 0.2) is 30.3 Å². The number of aliphatic hydroxyl groups excluding tert-OH is 1. The fourth-order valence-corrected chi connectivity index (χ4v) is 3.84. The number of aliphatic hydroxyl groups is 1. The number of nitrogens with two attached hydrogens (primary N) is 1. The van der Waals surface area contributed by atoms with E-state index in [4.69, 9.17) is 5.73 Å². The molecule has 0 bridgehead atoms. The maximum atomic E-state index is 13.2. The topological polar surface area (TPSA) is 171 Å². The Bertz CT molecular complexity index is 837. The lowest BCUT2D eigenvalue weighted by molar-refractivity contribution is -0.143. The molecule has 0 saturated heterocycles. The highest BCUT2D eigenvalue weighted by Crippen LogP contribution is 2.08. The van der Waals surface area contributed by atoms with Crippen LogP contribution in [0.5, 0.6) is 0 Å². The predicted molar refractivity (Wildman–Crippen MR) is 136 cm³/mol. The van der Waals surface area contributed by atoms with E-state index in [0.717, 1.165) is 5.56 Å². The minimum absolute atomic E-state index is 0.131. The van der Waals surface area contributed by atoms with E-state index in [0.29, 0.717) is 12.2 Å². The van der Waals surface area contributed by atoms with Gasteiger partial charge in [-0.15, -0.1) is 0 Å². The van der Waals surface area contributed by atoms with Gasteiger partial charge in [0, 0.05) is 6.42 Å². The summed E-state index contributed by atoms with van der Waals surface area (Å²) in [5, 5.41) is 27.0. The lowest BCUT2D eigenvalue weighted by Crippen LogP contribution is -2.60. The molecule has 0 radical (unpaired) electrons. The molecule has 0 aromatic heterocycles. The molecular formula is C24H38N4O6S. The lowest BCUT2D eigenvalue weighted by Gasteiger charge is -2.27. The zero-order chi connectivity index (χ0) is 26.5. The summed E-state index contributed by atoms with van der Waals surface area (Å²) < 4.78 is 0. The number of carbonyl (C=O) groups excluding carboxylic acids is 3. The molecule has 0 fully saturated rings. The third-order valence-electron chi connectivity index (χ3n) is 5.27. The van der Waals surface area contributed by atoms with Crippen molar-refractivity contribution in [1.29, 1.82) is 0 Å².